The standard InChI is InChI=1S/C22H27N3O3.CH4N2O/c1-22(2,3)25(21(27)28)19(17-11-6-4-7-12-17)20(26)24-16-10-15-23(24)18-13-8-5-9-14-18;2-1(3)4/h4-9,11-14,19H,10,15-16H2,1-3H3,(H,27,28);(H4,2,3,4)/t19-;/m0./s1. The number of urea groups is 1. The highest BCUT2D eigenvalue weighted by molar-refractivity contribution is 5.88. The third kappa shape index (κ3) is 6.13. The van der Waals surface area contributed by atoms with Crippen LogP contribution in [0.1, 0.15) is 38.8 Å². The van der Waals surface area contributed by atoms with Crippen LogP contribution in [0.25, 0.3) is 0 Å². The Morgan fingerprint density at radius 3 is 1.91 bits per heavy atom. The number of carbonyl (C=O) groups excluding carboxylic acids is 2. The number of carbonyl (C=O) groups is 3. The Morgan fingerprint density at radius 2 is 1.44 bits per heavy atom. The number of para-hydroxylation sites is 1. The van der Waals surface area contributed by atoms with Crippen LogP contribution in [-0.4, -0.2) is 51.7 Å². The molecule has 1 aliphatic heterocycles. The van der Waals surface area contributed by atoms with Gasteiger partial charge in [-0.05, 0) is 44.9 Å². The van der Waals surface area contributed by atoms with Crippen molar-refractivity contribution in [3.8, 4) is 0 Å². The number of primary amides is 2. The molecular weight excluding hydrogens is 410 g/mol. The fourth-order valence-electron chi connectivity index (χ4n) is 3.67. The number of benzene rings is 2. The van der Waals surface area contributed by atoms with Crippen LogP contribution in [0, 0.1) is 0 Å². The molecule has 1 fully saturated rings. The van der Waals surface area contributed by atoms with E-state index in [1.807, 2.05) is 86.4 Å². The van der Waals surface area contributed by atoms with Gasteiger partial charge in [-0.15, -0.1) is 0 Å². The predicted octanol–water partition coefficient (Wildman–Crippen LogP) is 3.18. The molecule has 9 nitrogen and oxygen atoms in total. The lowest BCUT2D eigenvalue weighted by Gasteiger charge is -2.41. The van der Waals surface area contributed by atoms with Crippen molar-refractivity contribution in [1.29, 1.82) is 0 Å². The fourth-order valence-corrected chi connectivity index (χ4v) is 3.67. The molecule has 1 heterocycles. The van der Waals surface area contributed by atoms with E-state index in [0.29, 0.717) is 12.1 Å². The number of carboxylic acid groups (broad SMARTS) is 1. The molecule has 0 saturated carbocycles. The minimum atomic E-state index is -1.11. The van der Waals surface area contributed by atoms with Crippen molar-refractivity contribution < 1.29 is 19.5 Å². The van der Waals surface area contributed by atoms with Gasteiger partial charge in [0.2, 0.25) is 0 Å². The van der Waals surface area contributed by atoms with Crippen LogP contribution in [0.15, 0.2) is 60.7 Å². The molecule has 9 heteroatoms. The van der Waals surface area contributed by atoms with Gasteiger partial charge in [-0.2, -0.15) is 0 Å². The minimum Gasteiger partial charge on any atom is -0.465 e. The Bertz CT molecular complexity index is 911. The van der Waals surface area contributed by atoms with Gasteiger partial charge in [0.15, 0.2) is 0 Å². The SMILES string of the molecule is CC(C)(C)N(C(=O)O)[C@H](C(=O)N1CCCN1c1ccccc1)c1ccccc1.NC(N)=O. The van der Waals surface area contributed by atoms with E-state index in [-0.39, 0.29) is 5.91 Å². The minimum absolute atomic E-state index is 0.232. The summed E-state index contributed by atoms with van der Waals surface area (Å²) in [6.07, 6.45) is -0.273. The molecule has 1 aliphatic rings. The maximum Gasteiger partial charge on any atom is 0.408 e. The van der Waals surface area contributed by atoms with Crippen LogP contribution >= 0.6 is 0 Å². The molecule has 0 unspecified atom stereocenters. The fraction of sp³-hybridized carbons (Fsp3) is 0.348. The number of rotatable bonds is 4. The van der Waals surface area contributed by atoms with Gasteiger partial charge in [-0.3, -0.25) is 19.7 Å². The number of nitrogens with zero attached hydrogens (tertiary/aromatic N) is 3. The molecule has 2 aromatic carbocycles. The van der Waals surface area contributed by atoms with Crippen LogP contribution < -0.4 is 16.5 Å². The van der Waals surface area contributed by atoms with Crippen molar-refractivity contribution in [3.05, 3.63) is 66.2 Å². The number of hydrogen-bond acceptors (Lipinski definition) is 4. The van der Waals surface area contributed by atoms with E-state index in [1.54, 1.807) is 5.01 Å². The molecule has 3 rings (SSSR count). The average Bonchev–Trinajstić information content (AvgIpc) is 3.21. The number of hydrazine groups is 1. The van der Waals surface area contributed by atoms with Gasteiger partial charge < -0.3 is 16.6 Å². The van der Waals surface area contributed by atoms with Crippen LogP contribution in [0.4, 0.5) is 15.3 Å². The van der Waals surface area contributed by atoms with E-state index < -0.39 is 23.7 Å². The summed E-state index contributed by atoms with van der Waals surface area (Å²) in [6.45, 7) is 6.71. The Balaban J connectivity index is 0.000000837. The summed E-state index contributed by atoms with van der Waals surface area (Å²) in [6, 6.07) is 17.1. The first-order valence-electron chi connectivity index (χ1n) is 10.3. The Morgan fingerprint density at radius 1 is 0.938 bits per heavy atom. The molecular formula is C23H31N5O4. The first-order valence-corrected chi connectivity index (χ1v) is 10.3. The number of hydrogen-bond donors (Lipinski definition) is 3. The highest BCUT2D eigenvalue weighted by atomic mass is 16.4. The van der Waals surface area contributed by atoms with Crippen LogP contribution in [0.5, 0.6) is 0 Å². The third-order valence-corrected chi connectivity index (χ3v) is 4.88. The second-order valence-electron chi connectivity index (χ2n) is 8.31. The predicted molar refractivity (Wildman–Crippen MR) is 123 cm³/mol. The van der Waals surface area contributed by atoms with Crippen LogP contribution in [0.3, 0.4) is 0 Å². The summed E-state index contributed by atoms with van der Waals surface area (Å²) < 4.78 is 0. The van der Waals surface area contributed by atoms with Crippen molar-refractivity contribution in [2.24, 2.45) is 11.5 Å². The Labute approximate surface area is 188 Å². The van der Waals surface area contributed by atoms with Crippen molar-refractivity contribution in [2.45, 2.75) is 38.8 Å². The van der Waals surface area contributed by atoms with Crippen molar-refractivity contribution in [3.63, 3.8) is 0 Å². The lowest BCUT2D eigenvalue weighted by Crippen LogP contribution is -2.54. The van der Waals surface area contributed by atoms with Crippen molar-refractivity contribution in [1.82, 2.24) is 9.91 Å². The molecule has 0 bridgehead atoms. The van der Waals surface area contributed by atoms with Gasteiger partial charge in [-0.25, -0.2) is 9.59 Å². The molecule has 0 radical (unpaired) electrons. The topological polar surface area (TPSA) is 133 Å². The van der Waals surface area contributed by atoms with Gasteiger partial charge in [0, 0.05) is 18.6 Å². The normalized spacial score (nSPS) is 14.2. The zero-order valence-corrected chi connectivity index (χ0v) is 18.6. The number of anilines is 1. The zero-order valence-electron chi connectivity index (χ0n) is 18.6. The summed E-state index contributed by atoms with van der Waals surface area (Å²) in [4.78, 5) is 36.1. The summed E-state index contributed by atoms with van der Waals surface area (Å²) >= 11 is 0. The first kappa shape index (κ1) is 24.5. The zero-order chi connectivity index (χ0) is 23.9. The van der Waals surface area contributed by atoms with Gasteiger partial charge in [0.05, 0.1) is 5.69 Å². The van der Waals surface area contributed by atoms with Crippen molar-refractivity contribution in [2.75, 3.05) is 18.1 Å². The number of nitrogens with two attached hydrogens (primary N) is 2. The van der Waals surface area contributed by atoms with Gasteiger partial charge in [0.1, 0.15) is 6.04 Å². The lowest BCUT2D eigenvalue weighted by molar-refractivity contribution is -0.138. The lowest BCUT2D eigenvalue weighted by atomic mass is 9.97. The maximum atomic E-state index is 13.7. The van der Waals surface area contributed by atoms with E-state index in [1.165, 1.54) is 4.90 Å². The summed E-state index contributed by atoms with van der Waals surface area (Å²) in [5.74, 6) is -0.232. The van der Waals surface area contributed by atoms with Gasteiger partial charge >= 0.3 is 12.1 Å². The molecule has 32 heavy (non-hydrogen) atoms. The highest BCUT2D eigenvalue weighted by Gasteiger charge is 2.42. The molecule has 0 aliphatic carbocycles. The first-order chi connectivity index (χ1) is 15.0. The summed E-state index contributed by atoms with van der Waals surface area (Å²) in [5, 5.41) is 13.6. The largest absolute Gasteiger partial charge is 0.465 e. The summed E-state index contributed by atoms with van der Waals surface area (Å²) in [7, 11) is 0. The Kier molecular flexibility index (Phi) is 8.06. The van der Waals surface area contributed by atoms with E-state index >= 15 is 0 Å². The van der Waals surface area contributed by atoms with Gasteiger partial charge in [0.25, 0.3) is 5.91 Å². The molecule has 2 aromatic rings. The monoisotopic (exact) mass is 441 g/mol. The quantitative estimate of drug-likeness (QED) is 0.670. The van der Waals surface area contributed by atoms with E-state index in [2.05, 4.69) is 11.5 Å². The third-order valence-electron chi connectivity index (χ3n) is 4.88. The molecule has 5 N–H and O–H groups in total. The second kappa shape index (κ2) is 10.5. The average molecular weight is 442 g/mol. The Hall–Kier alpha value is -3.75. The maximum absolute atomic E-state index is 13.7. The van der Waals surface area contributed by atoms with E-state index in [4.69, 9.17) is 4.79 Å². The second-order valence-corrected chi connectivity index (χ2v) is 8.31. The molecule has 1 saturated heterocycles. The molecule has 4 amide bonds. The van der Waals surface area contributed by atoms with E-state index in [9.17, 15) is 14.7 Å². The molecule has 0 spiro atoms. The van der Waals surface area contributed by atoms with Crippen LogP contribution in [-0.2, 0) is 4.79 Å². The van der Waals surface area contributed by atoms with Gasteiger partial charge in [-0.1, -0.05) is 48.5 Å². The molecule has 172 valence electrons. The summed E-state index contributed by atoms with van der Waals surface area (Å²) in [5.41, 5.74) is 9.36. The van der Waals surface area contributed by atoms with Crippen LogP contribution in [0.2, 0.25) is 0 Å². The molecule has 0 aromatic heterocycles. The highest BCUT2D eigenvalue weighted by Crippen LogP contribution is 2.33. The van der Waals surface area contributed by atoms with Crippen molar-refractivity contribution >= 4 is 23.7 Å². The molecule has 1 atom stereocenters. The van der Waals surface area contributed by atoms with E-state index in [0.717, 1.165) is 18.7 Å². The smallest absolute Gasteiger partial charge is 0.408 e. The number of amides is 4.